The number of nitrogens with zero attached hydrogens (tertiary/aromatic N) is 1. The molecule has 0 saturated carbocycles. The molecule has 2 aliphatic heterocycles. The van der Waals surface area contributed by atoms with Crippen molar-refractivity contribution in [2.24, 2.45) is 0 Å². The summed E-state index contributed by atoms with van der Waals surface area (Å²) < 4.78 is 5.19. The van der Waals surface area contributed by atoms with Crippen molar-refractivity contribution >= 4 is 29.2 Å². The quantitative estimate of drug-likeness (QED) is 0.441. The lowest BCUT2D eigenvalue weighted by Gasteiger charge is -2.50. The van der Waals surface area contributed by atoms with Crippen LogP contribution in [0.25, 0.3) is 0 Å². The second kappa shape index (κ2) is 3.59. The molecule has 3 rings (SSSR count). The van der Waals surface area contributed by atoms with Crippen LogP contribution in [-0.4, -0.2) is 23.0 Å². The highest BCUT2D eigenvalue weighted by molar-refractivity contribution is 6.38. The van der Waals surface area contributed by atoms with E-state index in [0.717, 1.165) is 5.56 Å². The Balaban J connectivity index is 2.01. The second-order valence-corrected chi connectivity index (χ2v) is 4.81. The van der Waals surface area contributed by atoms with E-state index in [2.05, 4.69) is 0 Å². The van der Waals surface area contributed by atoms with Gasteiger partial charge in [0.1, 0.15) is 0 Å². The Bertz CT molecular complexity index is 566. The Morgan fingerprint density at radius 3 is 2.50 bits per heavy atom. The maximum absolute atomic E-state index is 11.9. The van der Waals surface area contributed by atoms with Crippen LogP contribution in [-0.2, 0) is 14.3 Å². The van der Waals surface area contributed by atoms with E-state index in [1.54, 1.807) is 12.1 Å². The summed E-state index contributed by atoms with van der Waals surface area (Å²) in [4.78, 5) is 24.5. The first kappa shape index (κ1) is 11.3. The molecule has 0 aliphatic carbocycles. The van der Waals surface area contributed by atoms with Gasteiger partial charge in [-0.1, -0.05) is 17.7 Å². The van der Waals surface area contributed by atoms with Gasteiger partial charge in [-0.3, -0.25) is 9.69 Å². The van der Waals surface area contributed by atoms with Crippen molar-refractivity contribution in [2.75, 3.05) is 4.90 Å². The fourth-order valence-electron chi connectivity index (χ4n) is 2.21. The van der Waals surface area contributed by atoms with Gasteiger partial charge in [-0.2, -0.15) is 0 Å². The highest BCUT2D eigenvalue weighted by atomic mass is 35.5. The van der Waals surface area contributed by atoms with Crippen molar-refractivity contribution in [1.29, 1.82) is 0 Å². The fraction of sp³-hybridized carbons (Fsp3) is 0.231. The van der Waals surface area contributed by atoms with Gasteiger partial charge >= 0.3 is 5.97 Å². The number of β-lactam (4-membered cyclic amide) rings is 1. The summed E-state index contributed by atoms with van der Waals surface area (Å²) in [6.07, 6.45) is 2.83. The zero-order chi connectivity index (χ0) is 12.9. The lowest BCUT2D eigenvalue weighted by atomic mass is 9.95. The standard InChI is InChI=1S/C13H10ClNO3/c1-8-2-4-9(5-3-8)15-12(17)11(14)13(15)7-6-10(16)18-13/h2-7,11H,1H3/t11-,13+/m0/s1. The van der Waals surface area contributed by atoms with Crippen LogP contribution < -0.4 is 4.90 Å². The van der Waals surface area contributed by atoms with Crippen molar-refractivity contribution in [3.05, 3.63) is 42.0 Å². The number of aryl methyl sites for hydroxylation is 1. The van der Waals surface area contributed by atoms with Gasteiger partial charge in [0, 0.05) is 11.8 Å². The fourth-order valence-corrected chi connectivity index (χ4v) is 2.52. The van der Waals surface area contributed by atoms with Crippen LogP contribution in [0.5, 0.6) is 0 Å². The monoisotopic (exact) mass is 263 g/mol. The third kappa shape index (κ3) is 1.32. The van der Waals surface area contributed by atoms with Crippen molar-refractivity contribution in [3.63, 3.8) is 0 Å². The molecule has 0 radical (unpaired) electrons. The first-order valence-corrected chi connectivity index (χ1v) is 5.95. The van der Waals surface area contributed by atoms with Gasteiger partial charge in [-0.15, -0.1) is 11.6 Å². The SMILES string of the molecule is Cc1ccc(N2C(=O)[C@H](Cl)[C@]23C=CC(=O)O3)cc1. The molecule has 1 spiro atoms. The Morgan fingerprint density at radius 1 is 1.28 bits per heavy atom. The lowest BCUT2D eigenvalue weighted by molar-refractivity contribution is -0.156. The topological polar surface area (TPSA) is 46.6 Å². The predicted octanol–water partition coefficient (Wildman–Crippen LogP) is 1.76. The number of amides is 1. The number of carbonyl (C=O) groups is 2. The smallest absolute Gasteiger partial charge is 0.333 e. The normalized spacial score (nSPS) is 29.7. The Labute approximate surface area is 109 Å². The first-order valence-electron chi connectivity index (χ1n) is 5.51. The van der Waals surface area contributed by atoms with Gasteiger partial charge in [0.05, 0.1) is 0 Å². The molecular weight excluding hydrogens is 254 g/mol. The summed E-state index contributed by atoms with van der Waals surface area (Å²) in [6.45, 7) is 1.96. The van der Waals surface area contributed by atoms with E-state index >= 15 is 0 Å². The van der Waals surface area contributed by atoms with E-state index in [4.69, 9.17) is 16.3 Å². The summed E-state index contributed by atoms with van der Waals surface area (Å²) in [5, 5.41) is -0.860. The molecule has 0 N–H and O–H groups in total. The molecule has 92 valence electrons. The molecule has 1 amide bonds. The lowest BCUT2D eigenvalue weighted by Crippen LogP contribution is -2.72. The van der Waals surface area contributed by atoms with Gasteiger partial charge < -0.3 is 4.74 Å². The highest BCUT2D eigenvalue weighted by Gasteiger charge is 2.63. The van der Waals surface area contributed by atoms with Crippen LogP contribution in [0, 0.1) is 6.92 Å². The summed E-state index contributed by atoms with van der Waals surface area (Å²) in [5.41, 5.74) is 0.606. The van der Waals surface area contributed by atoms with E-state index in [1.807, 2.05) is 19.1 Å². The predicted molar refractivity (Wildman–Crippen MR) is 66.3 cm³/mol. The molecule has 2 heterocycles. The number of carbonyl (C=O) groups excluding carboxylic acids is 2. The number of anilines is 1. The molecule has 1 fully saturated rings. The van der Waals surface area contributed by atoms with E-state index in [0.29, 0.717) is 5.69 Å². The molecule has 5 heteroatoms. The third-order valence-electron chi connectivity index (χ3n) is 3.16. The van der Waals surface area contributed by atoms with Crippen molar-refractivity contribution in [3.8, 4) is 0 Å². The number of rotatable bonds is 1. The van der Waals surface area contributed by atoms with Gasteiger partial charge in [0.2, 0.25) is 5.72 Å². The summed E-state index contributed by atoms with van der Waals surface area (Å²) in [6, 6.07) is 7.38. The largest absolute Gasteiger partial charge is 0.429 e. The number of esters is 1. The molecule has 0 bridgehead atoms. The first-order chi connectivity index (χ1) is 8.54. The zero-order valence-electron chi connectivity index (χ0n) is 9.59. The minimum Gasteiger partial charge on any atom is -0.429 e. The Hall–Kier alpha value is -1.81. The Morgan fingerprint density at radius 2 is 1.94 bits per heavy atom. The molecule has 4 nitrogen and oxygen atoms in total. The van der Waals surface area contributed by atoms with E-state index in [1.165, 1.54) is 17.1 Å². The highest BCUT2D eigenvalue weighted by Crippen LogP contribution is 2.44. The summed E-state index contributed by atoms with van der Waals surface area (Å²) in [7, 11) is 0. The molecule has 1 saturated heterocycles. The third-order valence-corrected chi connectivity index (χ3v) is 3.66. The number of benzene rings is 1. The number of alkyl halides is 1. The molecule has 1 aromatic carbocycles. The van der Waals surface area contributed by atoms with Gasteiger partial charge in [-0.25, -0.2) is 4.79 Å². The summed E-state index contributed by atoms with van der Waals surface area (Å²) in [5.74, 6) is -0.745. The molecule has 1 aromatic rings. The van der Waals surface area contributed by atoms with Crippen LogP contribution in [0.15, 0.2) is 36.4 Å². The minimum absolute atomic E-state index is 0.264. The zero-order valence-corrected chi connectivity index (χ0v) is 10.3. The molecule has 2 atom stereocenters. The molecule has 18 heavy (non-hydrogen) atoms. The van der Waals surface area contributed by atoms with Gasteiger partial charge in [0.25, 0.3) is 5.91 Å². The van der Waals surface area contributed by atoms with Crippen molar-refractivity contribution in [2.45, 2.75) is 18.0 Å². The molecule has 2 aliphatic rings. The Kier molecular flexibility index (Phi) is 2.25. The minimum atomic E-state index is -1.15. The number of ether oxygens (including phenoxy) is 1. The summed E-state index contributed by atoms with van der Waals surface area (Å²) >= 11 is 5.98. The molecule has 0 aromatic heterocycles. The number of halogens is 1. The van der Waals surface area contributed by atoms with Crippen molar-refractivity contribution in [1.82, 2.24) is 0 Å². The van der Waals surface area contributed by atoms with Crippen LogP contribution >= 0.6 is 11.6 Å². The van der Waals surface area contributed by atoms with Gasteiger partial charge in [0.15, 0.2) is 5.38 Å². The molecule has 0 unspecified atom stereocenters. The number of hydrogen-bond donors (Lipinski definition) is 0. The van der Waals surface area contributed by atoms with Crippen LogP contribution in [0.4, 0.5) is 5.69 Å². The average Bonchev–Trinajstić information content (AvgIpc) is 2.76. The molecular formula is C13H10ClNO3. The maximum atomic E-state index is 11.9. The van der Waals surface area contributed by atoms with E-state index < -0.39 is 17.1 Å². The van der Waals surface area contributed by atoms with E-state index in [9.17, 15) is 9.59 Å². The van der Waals surface area contributed by atoms with Crippen LogP contribution in [0.1, 0.15) is 5.56 Å². The van der Waals surface area contributed by atoms with Gasteiger partial charge in [-0.05, 0) is 25.1 Å². The van der Waals surface area contributed by atoms with E-state index in [-0.39, 0.29) is 5.91 Å². The second-order valence-electron chi connectivity index (χ2n) is 4.38. The van der Waals surface area contributed by atoms with Crippen LogP contribution in [0.2, 0.25) is 0 Å². The maximum Gasteiger partial charge on any atom is 0.333 e. The average molecular weight is 264 g/mol. The van der Waals surface area contributed by atoms with Crippen molar-refractivity contribution < 1.29 is 14.3 Å². The van der Waals surface area contributed by atoms with Crippen LogP contribution in [0.3, 0.4) is 0 Å². The number of hydrogen-bond acceptors (Lipinski definition) is 3.